The van der Waals surface area contributed by atoms with Crippen LogP contribution in [0.2, 0.25) is 0 Å². The number of aliphatic hydroxyl groups is 1. The normalized spacial score (nSPS) is 27.6. The van der Waals surface area contributed by atoms with Crippen LogP contribution < -0.4 is 0 Å². The van der Waals surface area contributed by atoms with Crippen molar-refractivity contribution in [3.05, 3.63) is 0 Å². The summed E-state index contributed by atoms with van der Waals surface area (Å²) < 4.78 is 0. The molecule has 1 aliphatic heterocycles. The third kappa shape index (κ3) is 1.18. The van der Waals surface area contributed by atoms with E-state index in [0.29, 0.717) is 5.92 Å². The van der Waals surface area contributed by atoms with Crippen molar-refractivity contribution in [3.63, 3.8) is 0 Å². The van der Waals surface area contributed by atoms with Gasteiger partial charge in [0.1, 0.15) is 0 Å². The van der Waals surface area contributed by atoms with Crippen molar-refractivity contribution in [1.82, 2.24) is 4.90 Å². The van der Waals surface area contributed by atoms with Crippen LogP contribution in [0.1, 0.15) is 20.3 Å². The Balaban J connectivity index is 2.40. The fraction of sp³-hybridized carbons (Fsp3) is 1.00. The molecule has 0 bridgehead atoms. The van der Waals surface area contributed by atoms with Gasteiger partial charge in [0.2, 0.25) is 0 Å². The van der Waals surface area contributed by atoms with Gasteiger partial charge in [-0.15, -0.1) is 0 Å². The molecule has 0 spiro atoms. The van der Waals surface area contributed by atoms with Crippen molar-refractivity contribution in [2.45, 2.75) is 25.9 Å². The molecule has 1 unspecified atom stereocenters. The standard InChI is InChI=1S/C8H17NO/c1-4-7(2)8(10)5-9(3)6-8/h7,10H,4-6H2,1-3H3. The highest BCUT2D eigenvalue weighted by atomic mass is 16.3. The highest BCUT2D eigenvalue weighted by molar-refractivity contribution is 4.96. The smallest absolute Gasteiger partial charge is 0.0925 e. The molecular formula is C8H17NO. The van der Waals surface area contributed by atoms with E-state index in [2.05, 4.69) is 18.7 Å². The molecule has 60 valence electrons. The van der Waals surface area contributed by atoms with Gasteiger partial charge >= 0.3 is 0 Å². The lowest BCUT2D eigenvalue weighted by molar-refractivity contribution is -0.122. The first kappa shape index (κ1) is 8.02. The van der Waals surface area contributed by atoms with Gasteiger partial charge in [-0.1, -0.05) is 20.3 Å². The van der Waals surface area contributed by atoms with Crippen molar-refractivity contribution in [2.75, 3.05) is 20.1 Å². The Kier molecular flexibility index (Phi) is 2.02. The van der Waals surface area contributed by atoms with Crippen LogP contribution in [0.3, 0.4) is 0 Å². The molecule has 0 aromatic carbocycles. The number of likely N-dealkylation sites (tertiary alicyclic amines) is 1. The first-order valence-electron chi connectivity index (χ1n) is 3.99. The summed E-state index contributed by atoms with van der Waals surface area (Å²) in [7, 11) is 2.04. The zero-order valence-corrected chi connectivity index (χ0v) is 7.09. The van der Waals surface area contributed by atoms with Crippen molar-refractivity contribution in [1.29, 1.82) is 0 Å². The van der Waals surface area contributed by atoms with E-state index in [0.717, 1.165) is 19.5 Å². The van der Waals surface area contributed by atoms with Gasteiger partial charge in [0.05, 0.1) is 5.60 Å². The summed E-state index contributed by atoms with van der Waals surface area (Å²) in [6, 6.07) is 0. The van der Waals surface area contributed by atoms with E-state index in [-0.39, 0.29) is 5.60 Å². The summed E-state index contributed by atoms with van der Waals surface area (Å²) >= 11 is 0. The topological polar surface area (TPSA) is 23.5 Å². The molecule has 0 aliphatic carbocycles. The predicted molar refractivity (Wildman–Crippen MR) is 41.9 cm³/mol. The highest BCUT2D eigenvalue weighted by Crippen LogP contribution is 2.29. The minimum Gasteiger partial charge on any atom is -0.387 e. The van der Waals surface area contributed by atoms with Crippen molar-refractivity contribution in [2.24, 2.45) is 5.92 Å². The Morgan fingerprint density at radius 2 is 2.10 bits per heavy atom. The fourth-order valence-corrected chi connectivity index (χ4v) is 1.58. The number of rotatable bonds is 2. The Hall–Kier alpha value is -0.0800. The monoisotopic (exact) mass is 143 g/mol. The molecule has 1 rings (SSSR count). The summed E-state index contributed by atoms with van der Waals surface area (Å²) in [5.74, 6) is 0.448. The van der Waals surface area contributed by atoms with Crippen LogP contribution >= 0.6 is 0 Å². The molecule has 0 amide bonds. The minimum absolute atomic E-state index is 0.372. The SMILES string of the molecule is CCC(C)C1(O)CN(C)C1. The predicted octanol–water partition coefficient (Wildman–Crippen LogP) is 0.709. The molecule has 1 aliphatic rings. The largest absolute Gasteiger partial charge is 0.387 e. The van der Waals surface area contributed by atoms with Crippen LogP contribution in [0.4, 0.5) is 0 Å². The maximum atomic E-state index is 9.81. The van der Waals surface area contributed by atoms with Crippen molar-refractivity contribution in [3.8, 4) is 0 Å². The second-order valence-corrected chi connectivity index (χ2v) is 3.59. The zero-order chi connectivity index (χ0) is 7.78. The maximum Gasteiger partial charge on any atom is 0.0925 e. The number of β-amino-alcohol motifs (C(OH)–C–C–N with tert-alkyl or cyclic N) is 1. The second kappa shape index (κ2) is 2.51. The van der Waals surface area contributed by atoms with E-state index >= 15 is 0 Å². The summed E-state index contributed by atoms with van der Waals surface area (Å²) in [5.41, 5.74) is -0.372. The minimum atomic E-state index is -0.372. The molecule has 10 heavy (non-hydrogen) atoms. The van der Waals surface area contributed by atoms with Crippen molar-refractivity contribution < 1.29 is 5.11 Å². The van der Waals surface area contributed by atoms with Gasteiger partial charge in [0.25, 0.3) is 0 Å². The molecule has 2 nitrogen and oxygen atoms in total. The Labute approximate surface area is 62.8 Å². The number of hydrogen-bond acceptors (Lipinski definition) is 2. The van der Waals surface area contributed by atoms with Gasteiger partial charge in [0.15, 0.2) is 0 Å². The van der Waals surface area contributed by atoms with Crippen LogP contribution in [-0.4, -0.2) is 35.7 Å². The van der Waals surface area contributed by atoms with Crippen LogP contribution in [0, 0.1) is 5.92 Å². The molecule has 0 aromatic heterocycles. The first-order valence-corrected chi connectivity index (χ1v) is 3.99. The number of likely N-dealkylation sites (N-methyl/N-ethyl adjacent to an activating group) is 1. The zero-order valence-electron chi connectivity index (χ0n) is 7.09. The number of nitrogens with zero attached hydrogens (tertiary/aromatic N) is 1. The van der Waals surface area contributed by atoms with E-state index < -0.39 is 0 Å². The summed E-state index contributed by atoms with van der Waals surface area (Å²) in [6.07, 6.45) is 1.07. The molecule has 1 atom stereocenters. The maximum absolute atomic E-state index is 9.81. The molecule has 0 saturated carbocycles. The van der Waals surface area contributed by atoms with Gasteiger partial charge in [-0.05, 0) is 13.0 Å². The first-order chi connectivity index (χ1) is 4.58. The summed E-state index contributed by atoms with van der Waals surface area (Å²) in [5, 5.41) is 9.81. The Morgan fingerprint density at radius 3 is 2.40 bits per heavy atom. The average molecular weight is 143 g/mol. The summed E-state index contributed by atoms with van der Waals surface area (Å²) in [6.45, 7) is 5.94. The van der Waals surface area contributed by atoms with E-state index in [1.807, 2.05) is 7.05 Å². The average Bonchev–Trinajstić information content (AvgIpc) is 1.83. The lowest BCUT2D eigenvalue weighted by Crippen LogP contribution is -2.63. The lowest BCUT2D eigenvalue weighted by Gasteiger charge is -2.48. The number of hydrogen-bond donors (Lipinski definition) is 1. The van der Waals surface area contributed by atoms with E-state index in [1.165, 1.54) is 0 Å². The van der Waals surface area contributed by atoms with Crippen molar-refractivity contribution >= 4 is 0 Å². The highest BCUT2D eigenvalue weighted by Gasteiger charge is 2.42. The van der Waals surface area contributed by atoms with Crippen LogP contribution in [0.15, 0.2) is 0 Å². The molecule has 1 fully saturated rings. The van der Waals surface area contributed by atoms with E-state index in [9.17, 15) is 5.11 Å². The lowest BCUT2D eigenvalue weighted by atomic mass is 9.81. The van der Waals surface area contributed by atoms with Crippen LogP contribution in [0.25, 0.3) is 0 Å². The van der Waals surface area contributed by atoms with Gasteiger partial charge in [-0.3, -0.25) is 0 Å². The molecule has 2 heteroatoms. The summed E-state index contributed by atoms with van der Waals surface area (Å²) in [4.78, 5) is 2.14. The third-order valence-electron chi connectivity index (χ3n) is 2.62. The molecular weight excluding hydrogens is 126 g/mol. The molecule has 1 heterocycles. The van der Waals surface area contributed by atoms with Crippen LogP contribution in [0.5, 0.6) is 0 Å². The Morgan fingerprint density at radius 1 is 1.60 bits per heavy atom. The molecule has 0 aromatic rings. The quantitative estimate of drug-likeness (QED) is 0.615. The van der Waals surface area contributed by atoms with Gasteiger partial charge in [-0.25, -0.2) is 0 Å². The van der Waals surface area contributed by atoms with Gasteiger partial charge < -0.3 is 10.0 Å². The molecule has 1 N–H and O–H groups in total. The Bertz CT molecular complexity index is 118. The third-order valence-corrected chi connectivity index (χ3v) is 2.62. The van der Waals surface area contributed by atoms with Gasteiger partial charge in [0, 0.05) is 13.1 Å². The molecule has 0 radical (unpaired) electrons. The fourth-order valence-electron chi connectivity index (χ4n) is 1.58. The van der Waals surface area contributed by atoms with Gasteiger partial charge in [-0.2, -0.15) is 0 Å². The van der Waals surface area contributed by atoms with E-state index in [4.69, 9.17) is 0 Å². The molecule has 1 saturated heterocycles. The van der Waals surface area contributed by atoms with Crippen LogP contribution in [-0.2, 0) is 0 Å². The van der Waals surface area contributed by atoms with E-state index in [1.54, 1.807) is 0 Å². The second-order valence-electron chi connectivity index (χ2n) is 3.59.